The molecule has 128 valence electrons. The van der Waals surface area contributed by atoms with Crippen LogP contribution in [0.25, 0.3) is 5.69 Å². The number of hydrogen-bond acceptors (Lipinski definition) is 6. The van der Waals surface area contributed by atoms with Crippen LogP contribution in [0, 0.1) is 0 Å². The number of rotatable bonds is 5. The van der Waals surface area contributed by atoms with Gasteiger partial charge >= 0.3 is 0 Å². The van der Waals surface area contributed by atoms with Crippen LogP contribution in [0.1, 0.15) is 0 Å². The molecule has 1 aromatic heterocycles. The van der Waals surface area contributed by atoms with Gasteiger partial charge in [-0.2, -0.15) is 4.68 Å². The second kappa shape index (κ2) is 7.73. The number of halogens is 2. The first-order valence-electron chi connectivity index (χ1n) is 6.98. The Bertz CT molecular complexity index is 881. The molecule has 0 atom stereocenters. The molecule has 0 radical (unpaired) electrons. The summed E-state index contributed by atoms with van der Waals surface area (Å²) in [6.07, 6.45) is 0. The van der Waals surface area contributed by atoms with E-state index in [1.54, 1.807) is 30.3 Å². The smallest absolute Gasteiger partial charge is 0.234 e. The molecule has 10 heteroatoms. The van der Waals surface area contributed by atoms with Gasteiger partial charge in [-0.25, -0.2) is 0 Å². The molecule has 3 rings (SSSR count). The normalized spacial score (nSPS) is 10.6. The highest BCUT2D eigenvalue weighted by atomic mass is 35.5. The van der Waals surface area contributed by atoms with Crippen LogP contribution in [-0.2, 0) is 4.79 Å². The number of aromatic hydroxyl groups is 1. The van der Waals surface area contributed by atoms with Gasteiger partial charge in [0.15, 0.2) is 0 Å². The van der Waals surface area contributed by atoms with Crippen LogP contribution in [0.2, 0.25) is 10.0 Å². The minimum Gasteiger partial charge on any atom is -0.508 e. The van der Waals surface area contributed by atoms with E-state index in [-0.39, 0.29) is 17.4 Å². The summed E-state index contributed by atoms with van der Waals surface area (Å²) in [5, 5.41) is 24.8. The van der Waals surface area contributed by atoms with E-state index in [0.717, 1.165) is 0 Å². The standard InChI is InChI=1S/C15H11Cl2N5O2S/c16-9-5-10(17)7-11(6-9)18-14(24)8-25-15-19-20-21-22(15)12-1-3-13(23)4-2-12/h1-7,23H,8H2,(H,18,24). The monoisotopic (exact) mass is 395 g/mol. The maximum Gasteiger partial charge on any atom is 0.234 e. The Balaban J connectivity index is 1.65. The van der Waals surface area contributed by atoms with E-state index in [0.29, 0.717) is 26.6 Å². The number of phenolic OH excluding ortho intramolecular Hbond substituents is 1. The molecule has 0 fully saturated rings. The Morgan fingerprint density at radius 3 is 2.52 bits per heavy atom. The van der Waals surface area contributed by atoms with E-state index in [9.17, 15) is 9.90 Å². The van der Waals surface area contributed by atoms with Crippen molar-refractivity contribution in [2.75, 3.05) is 11.1 Å². The van der Waals surface area contributed by atoms with Gasteiger partial charge in [0.1, 0.15) is 5.75 Å². The van der Waals surface area contributed by atoms with Gasteiger partial charge < -0.3 is 10.4 Å². The van der Waals surface area contributed by atoms with Crippen LogP contribution >= 0.6 is 35.0 Å². The van der Waals surface area contributed by atoms with E-state index >= 15 is 0 Å². The Kier molecular flexibility index (Phi) is 5.42. The lowest BCUT2D eigenvalue weighted by atomic mass is 10.3. The highest BCUT2D eigenvalue weighted by Gasteiger charge is 2.12. The lowest BCUT2D eigenvalue weighted by Crippen LogP contribution is -2.14. The topological polar surface area (TPSA) is 92.9 Å². The summed E-state index contributed by atoms with van der Waals surface area (Å²) >= 11 is 13.0. The van der Waals surface area contributed by atoms with Crippen LogP contribution < -0.4 is 5.32 Å². The zero-order chi connectivity index (χ0) is 17.8. The van der Waals surface area contributed by atoms with Gasteiger partial charge in [-0.05, 0) is 52.9 Å². The highest BCUT2D eigenvalue weighted by Crippen LogP contribution is 2.23. The summed E-state index contributed by atoms with van der Waals surface area (Å²) in [5.74, 6) is -0.00282. The van der Waals surface area contributed by atoms with Crippen molar-refractivity contribution in [2.45, 2.75) is 5.16 Å². The SMILES string of the molecule is O=C(CSc1nnnn1-c1ccc(O)cc1)Nc1cc(Cl)cc(Cl)c1. The van der Waals surface area contributed by atoms with Gasteiger partial charge in [-0.3, -0.25) is 4.79 Å². The number of amides is 1. The molecular formula is C15H11Cl2N5O2S. The molecule has 0 aliphatic rings. The number of thioether (sulfide) groups is 1. The van der Waals surface area contributed by atoms with Crippen LogP contribution in [0.5, 0.6) is 5.75 Å². The van der Waals surface area contributed by atoms with Crippen molar-refractivity contribution in [3.8, 4) is 11.4 Å². The van der Waals surface area contributed by atoms with Crippen molar-refractivity contribution in [1.82, 2.24) is 20.2 Å². The van der Waals surface area contributed by atoms with Crippen LogP contribution in [0.3, 0.4) is 0 Å². The summed E-state index contributed by atoms with van der Waals surface area (Å²) in [6.45, 7) is 0. The fourth-order valence-corrected chi connectivity index (χ4v) is 3.19. The number of aromatic nitrogens is 4. The number of hydrogen-bond donors (Lipinski definition) is 2. The largest absolute Gasteiger partial charge is 0.508 e. The van der Waals surface area contributed by atoms with Crippen molar-refractivity contribution in [3.63, 3.8) is 0 Å². The first kappa shape index (κ1) is 17.5. The Morgan fingerprint density at radius 2 is 1.84 bits per heavy atom. The number of carbonyl (C=O) groups is 1. The predicted octanol–water partition coefficient (Wildman–Crippen LogP) is 3.41. The van der Waals surface area contributed by atoms with E-state index in [4.69, 9.17) is 23.2 Å². The molecule has 1 amide bonds. The minimum atomic E-state index is -0.247. The number of nitrogens with zero attached hydrogens (tertiary/aromatic N) is 4. The van der Waals surface area contributed by atoms with Crippen molar-refractivity contribution in [2.24, 2.45) is 0 Å². The molecule has 0 spiro atoms. The molecule has 0 aliphatic heterocycles. The van der Waals surface area contributed by atoms with Crippen molar-refractivity contribution >= 4 is 46.6 Å². The molecule has 0 saturated carbocycles. The van der Waals surface area contributed by atoms with Crippen LogP contribution in [0.15, 0.2) is 47.6 Å². The third-order valence-corrected chi connectivity index (χ3v) is 4.37. The van der Waals surface area contributed by atoms with E-state index in [2.05, 4.69) is 20.8 Å². The van der Waals surface area contributed by atoms with E-state index in [1.165, 1.54) is 28.6 Å². The fourth-order valence-electron chi connectivity index (χ4n) is 1.98. The maximum atomic E-state index is 12.1. The number of nitrogens with one attached hydrogen (secondary N) is 1. The third-order valence-electron chi connectivity index (χ3n) is 3.01. The predicted molar refractivity (Wildman–Crippen MR) is 96.6 cm³/mol. The number of phenols is 1. The molecule has 2 N–H and O–H groups in total. The second-order valence-electron chi connectivity index (χ2n) is 4.88. The molecular weight excluding hydrogens is 385 g/mol. The number of benzene rings is 2. The first-order valence-corrected chi connectivity index (χ1v) is 8.72. The highest BCUT2D eigenvalue weighted by molar-refractivity contribution is 7.99. The zero-order valence-corrected chi connectivity index (χ0v) is 14.9. The Morgan fingerprint density at radius 1 is 1.16 bits per heavy atom. The average molecular weight is 396 g/mol. The molecule has 0 aliphatic carbocycles. The van der Waals surface area contributed by atoms with Crippen LogP contribution in [0.4, 0.5) is 5.69 Å². The van der Waals surface area contributed by atoms with Crippen LogP contribution in [-0.4, -0.2) is 37.0 Å². The van der Waals surface area contributed by atoms with Gasteiger partial charge in [0.05, 0.1) is 11.4 Å². The Hall–Kier alpha value is -2.29. The third kappa shape index (κ3) is 4.62. The minimum absolute atomic E-state index is 0.0998. The van der Waals surface area contributed by atoms with Crippen molar-refractivity contribution in [1.29, 1.82) is 0 Å². The van der Waals surface area contributed by atoms with E-state index < -0.39 is 0 Å². The molecule has 2 aromatic carbocycles. The number of anilines is 1. The summed E-state index contributed by atoms with van der Waals surface area (Å²) in [4.78, 5) is 12.1. The number of tetrazole rings is 1. The molecule has 1 heterocycles. The molecule has 3 aromatic rings. The fraction of sp³-hybridized carbons (Fsp3) is 0.0667. The van der Waals surface area contributed by atoms with Gasteiger partial charge in [-0.1, -0.05) is 35.0 Å². The van der Waals surface area contributed by atoms with Crippen molar-refractivity contribution in [3.05, 3.63) is 52.5 Å². The lowest BCUT2D eigenvalue weighted by molar-refractivity contribution is -0.113. The van der Waals surface area contributed by atoms with Gasteiger partial charge in [0.2, 0.25) is 11.1 Å². The molecule has 0 unspecified atom stereocenters. The van der Waals surface area contributed by atoms with Gasteiger partial charge in [0, 0.05) is 15.7 Å². The van der Waals surface area contributed by atoms with Gasteiger partial charge in [-0.15, -0.1) is 5.10 Å². The maximum absolute atomic E-state index is 12.1. The summed E-state index contributed by atoms with van der Waals surface area (Å²) in [6, 6.07) is 11.2. The van der Waals surface area contributed by atoms with E-state index in [1.807, 2.05) is 0 Å². The summed E-state index contributed by atoms with van der Waals surface area (Å²) in [7, 11) is 0. The molecule has 25 heavy (non-hydrogen) atoms. The lowest BCUT2D eigenvalue weighted by Gasteiger charge is -2.07. The first-order chi connectivity index (χ1) is 12.0. The summed E-state index contributed by atoms with van der Waals surface area (Å²) < 4.78 is 1.48. The zero-order valence-electron chi connectivity index (χ0n) is 12.6. The van der Waals surface area contributed by atoms with Gasteiger partial charge in [0.25, 0.3) is 0 Å². The molecule has 7 nitrogen and oxygen atoms in total. The average Bonchev–Trinajstić information content (AvgIpc) is 3.01. The number of carbonyl (C=O) groups excluding carboxylic acids is 1. The quantitative estimate of drug-likeness (QED) is 0.642. The second-order valence-corrected chi connectivity index (χ2v) is 6.70. The Labute approximate surface area is 156 Å². The molecule has 0 bridgehead atoms. The molecule has 0 saturated heterocycles. The van der Waals surface area contributed by atoms with Crippen molar-refractivity contribution < 1.29 is 9.90 Å². The summed E-state index contributed by atoms with van der Waals surface area (Å²) in [5.41, 5.74) is 1.19.